The summed E-state index contributed by atoms with van der Waals surface area (Å²) in [7, 11) is 0. The summed E-state index contributed by atoms with van der Waals surface area (Å²) in [6, 6.07) is 5.02. The Kier molecular flexibility index (Phi) is 5.85. The lowest BCUT2D eigenvalue weighted by Gasteiger charge is -2.39. The number of likely N-dealkylation sites (tertiary alicyclic amines) is 1. The van der Waals surface area contributed by atoms with E-state index in [9.17, 15) is 4.79 Å². The Hall–Kier alpha value is -1.46. The fourth-order valence-corrected chi connectivity index (χ4v) is 3.91. The molecule has 0 unspecified atom stereocenters. The molecule has 0 aromatic carbocycles. The average molecular weight is 330 g/mol. The van der Waals surface area contributed by atoms with Gasteiger partial charge >= 0.3 is 0 Å². The topological polar surface area (TPSA) is 39.7 Å². The minimum Gasteiger partial charge on any atom is -0.339 e. The van der Waals surface area contributed by atoms with E-state index in [0.717, 1.165) is 45.6 Å². The SMILES string of the molecule is C[C@@H]1CCCCN1C(=O)CN1CCN([C@@H](C)c2ccncc2)CC1. The zero-order chi connectivity index (χ0) is 16.9. The standard InChI is InChI=1S/C19H30N4O/c1-16-5-3-4-10-23(16)19(24)15-21-11-13-22(14-12-21)17(2)18-6-8-20-9-7-18/h6-9,16-17H,3-5,10-15H2,1-2H3/t16-,17+/m1/s1. The number of rotatable bonds is 4. The molecular formula is C19H30N4O. The van der Waals surface area contributed by atoms with E-state index >= 15 is 0 Å². The minimum absolute atomic E-state index is 0.317. The van der Waals surface area contributed by atoms with Gasteiger partial charge in [0.1, 0.15) is 0 Å². The Morgan fingerprint density at radius 3 is 2.54 bits per heavy atom. The first-order valence-corrected chi connectivity index (χ1v) is 9.31. The number of hydrogen-bond donors (Lipinski definition) is 0. The van der Waals surface area contributed by atoms with Crippen molar-refractivity contribution >= 4 is 5.91 Å². The van der Waals surface area contributed by atoms with Crippen LogP contribution < -0.4 is 0 Å². The molecule has 0 bridgehead atoms. The second-order valence-corrected chi connectivity index (χ2v) is 7.20. The van der Waals surface area contributed by atoms with E-state index in [1.54, 1.807) is 0 Å². The molecule has 132 valence electrons. The Bertz CT molecular complexity index is 527. The van der Waals surface area contributed by atoms with Crippen LogP contribution in [0.3, 0.4) is 0 Å². The molecule has 1 amide bonds. The predicted octanol–water partition coefficient (Wildman–Crippen LogP) is 2.16. The van der Waals surface area contributed by atoms with Crippen LogP contribution in [0.2, 0.25) is 0 Å². The third-order valence-electron chi connectivity index (χ3n) is 5.63. The number of hydrogen-bond acceptors (Lipinski definition) is 4. The minimum atomic E-state index is 0.317. The lowest BCUT2D eigenvalue weighted by molar-refractivity contribution is -0.136. The summed E-state index contributed by atoms with van der Waals surface area (Å²) in [6.07, 6.45) is 7.30. The Labute approximate surface area is 145 Å². The van der Waals surface area contributed by atoms with Gasteiger partial charge in [-0.1, -0.05) is 0 Å². The van der Waals surface area contributed by atoms with Crippen molar-refractivity contribution < 1.29 is 4.79 Å². The molecule has 0 radical (unpaired) electrons. The molecule has 2 atom stereocenters. The predicted molar refractivity (Wildman–Crippen MR) is 95.7 cm³/mol. The van der Waals surface area contributed by atoms with Crippen molar-refractivity contribution in [3.8, 4) is 0 Å². The summed E-state index contributed by atoms with van der Waals surface area (Å²) < 4.78 is 0. The van der Waals surface area contributed by atoms with Crippen LogP contribution in [0.25, 0.3) is 0 Å². The first-order valence-electron chi connectivity index (χ1n) is 9.31. The maximum absolute atomic E-state index is 12.6. The van der Waals surface area contributed by atoms with Gasteiger partial charge in [0.15, 0.2) is 0 Å². The summed E-state index contributed by atoms with van der Waals surface area (Å²) in [4.78, 5) is 23.6. The van der Waals surface area contributed by atoms with E-state index in [1.165, 1.54) is 12.0 Å². The highest BCUT2D eigenvalue weighted by Gasteiger charge is 2.27. The summed E-state index contributed by atoms with van der Waals surface area (Å²) in [6.45, 7) is 9.96. The van der Waals surface area contributed by atoms with E-state index in [1.807, 2.05) is 12.4 Å². The molecule has 1 aromatic heterocycles. The molecule has 24 heavy (non-hydrogen) atoms. The van der Waals surface area contributed by atoms with Gasteiger partial charge in [-0.2, -0.15) is 0 Å². The fraction of sp³-hybridized carbons (Fsp3) is 0.684. The van der Waals surface area contributed by atoms with Crippen molar-refractivity contribution in [2.24, 2.45) is 0 Å². The molecule has 1 aromatic rings. The number of piperidine rings is 1. The average Bonchev–Trinajstić information content (AvgIpc) is 2.63. The number of nitrogens with zero attached hydrogens (tertiary/aromatic N) is 4. The molecule has 5 heteroatoms. The second kappa shape index (κ2) is 8.08. The first kappa shape index (κ1) is 17.4. The van der Waals surface area contributed by atoms with E-state index in [-0.39, 0.29) is 0 Å². The van der Waals surface area contributed by atoms with E-state index in [4.69, 9.17) is 0 Å². The summed E-state index contributed by atoms with van der Waals surface area (Å²) in [5.41, 5.74) is 1.32. The Balaban J connectivity index is 1.47. The molecule has 0 spiro atoms. The number of carbonyl (C=O) groups excluding carboxylic acids is 1. The van der Waals surface area contributed by atoms with Crippen LogP contribution >= 0.6 is 0 Å². The number of pyridine rings is 1. The Morgan fingerprint density at radius 1 is 1.17 bits per heavy atom. The number of piperazine rings is 1. The van der Waals surface area contributed by atoms with Crippen LogP contribution in [-0.2, 0) is 4.79 Å². The zero-order valence-corrected chi connectivity index (χ0v) is 15.0. The second-order valence-electron chi connectivity index (χ2n) is 7.20. The largest absolute Gasteiger partial charge is 0.339 e. The molecule has 2 fully saturated rings. The van der Waals surface area contributed by atoms with Crippen LogP contribution in [0.1, 0.15) is 44.7 Å². The van der Waals surface area contributed by atoms with E-state index < -0.39 is 0 Å². The molecule has 2 aliphatic heterocycles. The van der Waals surface area contributed by atoms with Crippen molar-refractivity contribution in [2.45, 2.75) is 45.2 Å². The number of carbonyl (C=O) groups is 1. The summed E-state index contributed by atoms with van der Waals surface area (Å²) in [5, 5.41) is 0. The van der Waals surface area contributed by atoms with Crippen molar-refractivity contribution in [3.05, 3.63) is 30.1 Å². The molecule has 0 aliphatic carbocycles. The van der Waals surface area contributed by atoms with Crippen LogP contribution in [-0.4, -0.2) is 70.9 Å². The molecule has 5 nitrogen and oxygen atoms in total. The lowest BCUT2D eigenvalue weighted by atomic mass is 10.0. The van der Waals surface area contributed by atoms with Gasteiger partial charge in [-0.25, -0.2) is 0 Å². The molecular weight excluding hydrogens is 300 g/mol. The first-order chi connectivity index (χ1) is 11.6. The van der Waals surface area contributed by atoms with Gasteiger partial charge in [-0.15, -0.1) is 0 Å². The molecule has 3 rings (SSSR count). The van der Waals surface area contributed by atoms with Gasteiger partial charge in [0.05, 0.1) is 6.54 Å². The van der Waals surface area contributed by atoms with Crippen LogP contribution in [0.5, 0.6) is 0 Å². The van der Waals surface area contributed by atoms with Gasteiger partial charge in [-0.05, 0) is 50.8 Å². The van der Waals surface area contributed by atoms with Crippen LogP contribution in [0.15, 0.2) is 24.5 Å². The fourth-order valence-electron chi connectivity index (χ4n) is 3.91. The zero-order valence-electron chi connectivity index (χ0n) is 15.0. The lowest BCUT2D eigenvalue weighted by Crippen LogP contribution is -2.52. The number of amides is 1. The van der Waals surface area contributed by atoms with Gasteiger partial charge in [0, 0.05) is 57.2 Å². The molecule has 0 N–H and O–H groups in total. The highest BCUT2D eigenvalue weighted by Crippen LogP contribution is 2.21. The van der Waals surface area contributed by atoms with E-state index in [2.05, 4.69) is 45.7 Å². The van der Waals surface area contributed by atoms with Gasteiger partial charge in [-0.3, -0.25) is 19.6 Å². The van der Waals surface area contributed by atoms with Crippen LogP contribution in [0, 0.1) is 0 Å². The maximum Gasteiger partial charge on any atom is 0.236 e. The highest BCUT2D eigenvalue weighted by atomic mass is 16.2. The number of aromatic nitrogens is 1. The van der Waals surface area contributed by atoms with Crippen molar-refractivity contribution in [1.82, 2.24) is 19.7 Å². The van der Waals surface area contributed by atoms with Crippen molar-refractivity contribution in [3.63, 3.8) is 0 Å². The third kappa shape index (κ3) is 4.14. The molecule has 2 aliphatic rings. The van der Waals surface area contributed by atoms with Gasteiger partial charge < -0.3 is 4.90 Å². The smallest absolute Gasteiger partial charge is 0.236 e. The third-order valence-corrected chi connectivity index (χ3v) is 5.63. The van der Waals surface area contributed by atoms with Crippen molar-refractivity contribution in [1.29, 1.82) is 0 Å². The molecule has 2 saturated heterocycles. The normalized spacial score (nSPS) is 24.8. The Morgan fingerprint density at radius 2 is 1.88 bits per heavy atom. The summed E-state index contributed by atoms with van der Waals surface area (Å²) >= 11 is 0. The van der Waals surface area contributed by atoms with Gasteiger partial charge in [0.25, 0.3) is 0 Å². The van der Waals surface area contributed by atoms with Gasteiger partial charge in [0.2, 0.25) is 5.91 Å². The van der Waals surface area contributed by atoms with E-state index in [0.29, 0.717) is 24.5 Å². The highest BCUT2D eigenvalue weighted by molar-refractivity contribution is 5.78. The van der Waals surface area contributed by atoms with Crippen LogP contribution in [0.4, 0.5) is 0 Å². The molecule has 0 saturated carbocycles. The molecule has 3 heterocycles. The monoisotopic (exact) mass is 330 g/mol. The van der Waals surface area contributed by atoms with Crippen molar-refractivity contribution in [2.75, 3.05) is 39.3 Å². The maximum atomic E-state index is 12.6. The quantitative estimate of drug-likeness (QED) is 0.848. The summed E-state index contributed by atoms with van der Waals surface area (Å²) in [5.74, 6) is 0.317.